The Morgan fingerprint density at radius 3 is 2.13 bits per heavy atom. The van der Waals surface area contributed by atoms with Crippen molar-refractivity contribution in [2.45, 2.75) is 19.8 Å². The number of carboxylic acid groups (broad SMARTS) is 1. The van der Waals surface area contributed by atoms with E-state index in [4.69, 9.17) is 19.3 Å². The largest absolute Gasteiger partial charge is 0.493 e. The van der Waals surface area contributed by atoms with Crippen molar-refractivity contribution in [3.63, 3.8) is 0 Å². The van der Waals surface area contributed by atoms with Gasteiger partial charge in [-0.25, -0.2) is 0 Å². The number of benzene rings is 1. The molecule has 0 saturated carbocycles. The van der Waals surface area contributed by atoms with Gasteiger partial charge in [-0.15, -0.1) is 0 Å². The van der Waals surface area contributed by atoms with Crippen LogP contribution in [0.25, 0.3) is 0 Å². The van der Waals surface area contributed by atoms with Gasteiger partial charge in [0.25, 0.3) is 0 Å². The molecule has 0 aliphatic carbocycles. The van der Waals surface area contributed by atoms with Crippen molar-refractivity contribution in [1.29, 1.82) is 0 Å². The fourth-order valence-electron chi connectivity index (χ4n) is 1.98. The van der Waals surface area contributed by atoms with Crippen molar-refractivity contribution in [3.05, 3.63) is 17.7 Å². The first kappa shape index (κ1) is 18.6. The van der Waals surface area contributed by atoms with E-state index in [2.05, 4.69) is 5.32 Å². The summed E-state index contributed by atoms with van der Waals surface area (Å²) in [7, 11) is 4.58. The van der Waals surface area contributed by atoms with Gasteiger partial charge in [-0.2, -0.15) is 0 Å². The first-order valence-electron chi connectivity index (χ1n) is 7.21. The van der Waals surface area contributed by atoms with Crippen LogP contribution in [0.4, 0.5) is 0 Å². The zero-order valence-corrected chi connectivity index (χ0v) is 13.8. The molecule has 1 aromatic carbocycles. The number of hydrogen-bond acceptors (Lipinski definition) is 5. The molecule has 128 valence electrons. The maximum absolute atomic E-state index is 11.8. The molecule has 1 unspecified atom stereocenters. The summed E-state index contributed by atoms with van der Waals surface area (Å²) in [6.45, 7) is 1.66. The number of aryl methyl sites for hydroxylation is 1. The van der Waals surface area contributed by atoms with Crippen LogP contribution in [0, 0.1) is 5.92 Å². The SMILES string of the molecule is COc1cc(CCC(=O)NCC(C)C(=O)O)cc(OC)c1OC. The Bertz CT molecular complexity index is 532. The minimum absolute atomic E-state index is 0.115. The highest BCUT2D eigenvalue weighted by Crippen LogP contribution is 2.38. The third-order valence-corrected chi connectivity index (χ3v) is 3.39. The Morgan fingerprint density at radius 2 is 1.70 bits per heavy atom. The summed E-state index contributed by atoms with van der Waals surface area (Å²) in [5.41, 5.74) is 0.862. The first-order valence-corrected chi connectivity index (χ1v) is 7.21. The average Bonchev–Trinajstić information content (AvgIpc) is 2.56. The molecular weight excluding hydrogens is 302 g/mol. The van der Waals surface area contributed by atoms with Gasteiger partial charge in [0.15, 0.2) is 11.5 Å². The standard InChI is InChI=1S/C16H23NO6/c1-10(16(19)20)9-17-14(18)6-5-11-7-12(21-2)15(23-4)13(8-11)22-3/h7-8,10H,5-6,9H2,1-4H3,(H,17,18)(H,19,20). The van der Waals surface area contributed by atoms with E-state index in [0.29, 0.717) is 23.7 Å². The summed E-state index contributed by atoms with van der Waals surface area (Å²) >= 11 is 0. The maximum Gasteiger partial charge on any atom is 0.308 e. The Labute approximate surface area is 135 Å². The quantitative estimate of drug-likeness (QED) is 0.714. The number of amides is 1. The van der Waals surface area contributed by atoms with Gasteiger partial charge in [-0.05, 0) is 24.1 Å². The Kier molecular flexibility index (Phi) is 7.18. The van der Waals surface area contributed by atoms with E-state index in [-0.39, 0.29) is 18.9 Å². The summed E-state index contributed by atoms with van der Waals surface area (Å²) in [6.07, 6.45) is 0.717. The van der Waals surface area contributed by atoms with Crippen molar-refractivity contribution in [2.24, 2.45) is 5.92 Å². The summed E-state index contributed by atoms with van der Waals surface area (Å²) in [5, 5.41) is 11.4. The minimum Gasteiger partial charge on any atom is -0.493 e. The van der Waals surface area contributed by atoms with E-state index < -0.39 is 11.9 Å². The third-order valence-electron chi connectivity index (χ3n) is 3.39. The number of carbonyl (C=O) groups is 2. The van der Waals surface area contributed by atoms with Gasteiger partial charge in [0.05, 0.1) is 27.2 Å². The van der Waals surface area contributed by atoms with E-state index in [1.165, 1.54) is 21.3 Å². The molecule has 7 nitrogen and oxygen atoms in total. The topological polar surface area (TPSA) is 94.1 Å². The third kappa shape index (κ3) is 5.36. The van der Waals surface area contributed by atoms with E-state index in [0.717, 1.165) is 5.56 Å². The van der Waals surface area contributed by atoms with Crippen LogP contribution in [-0.4, -0.2) is 44.9 Å². The molecule has 1 amide bonds. The summed E-state index contributed by atoms with van der Waals surface area (Å²) < 4.78 is 15.8. The molecule has 1 rings (SSSR count). The van der Waals surface area contributed by atoms with E-state index in [9.17, 15) is 9.59 Å². The van der Waals surface area contributed by atoms with E-state index >= 15 is 0 Å². The fraction of sp³-hybridized carbons (Fsp3) is 0.500. The van der Waals surface area contributed by atoms with Crippen LogP contribution in [0.1, 0.15) is 18.9 Å². The number of hydrogen-bond donors (Lipinski definition) is 2. The number of carbonyl (C=O) groups excluding carboxylic acids is 1. The average molecular weight is 325 g/mol. The molecule has 23 heavy (non-hydrogen) atoms. The van der Waals surface area contributed by atoms with Crippen LogP contribution < -0.4 is 19.5 Å². The van der Waals surface area contributed by atoms with Crippen LogP contribution in [-0.2, 0) is 16.0 Å². The fourth-order valence-corrected chi connectivity index (χ4v) is 1.98. The van der Waals surface area contributed by atoms with E-state index in [1.54, 1.807) is 19.1 Å². The number of ether oxygens (including phenoxy) is 3. The first-order chi connectivity index (χ1) is 10.9. The molecular formula is C16H23NO6. The second-order valence-electron chi connectivity index (χ2n) is 5.08. The van der Waals surface area contributed by atoms with Gasteiger partial charge in [-0.3, -0.25) is 9.59 Å². The van der Waals surface area contributed by atoms with Crippen molar-refractivity contribution in [2.75, 3.05) is 27.9 Å². The normalized spacial score (nSPS) is 11.5. The summed E-state index contributed by atoms with van der Waals surface area (Å²) in [5.74, 6) is -0.191. The molecule has 0 fully saturated rings. The van der Waals surface area contributed by atoms with E-state index in [1.807, 2.05) is 0 Å². The van der Waals surface area contributed by atoms with Crippen LogP contribution in [0.5, 0.6) is 17.2 Å². The molecule has 0 aromatic heterocycles. The van der Waals surface area contributed by atoms with Gasteiger partial charge in [0, 0.05) is 13.0 Å². The van der Waals surface area contributed by atoms with Crippen LogP contribution >= 0.6 is 0 Å². The zero-order valence-electron chi connectivity index (χ0n) is 13.8. The lowest BCUT2D eigenvalue weighted by Gasteiger charge is -2.14. The predicted octanol–water partition coefficient (Wildman–Crippen LogP) is 1.48. The molecule has 0 aliphatic heterocycles. The van der Waals surface area contributed by atoms with Crippen molar-refractivity contribution < 1.29 is 28.9 Å². The predicted molar refractivity (Wildman–Crippen MR) is 84.2 cm³/mol. The number of rotatable bonds is 9. The number of methoxy groups -OCH3 is 3. The Morgan fingerprint density at radius 1 is 1.13 bits per heavy atom. The van der Waals surface area contributed by atoms with Crippen molar-refractivity contribution >= 4 is 11.9 Å². The summed E-state index contributed by atoms with van der Waals surface area (Å²) in [6, 6.07) is 3.57. The molecule has 0 bridgehead atoms. The molecule has 0 spiro atoms. The van der Waals surface area contributed by atoms with Gasteiger partial charge in [0.1, 0.15) is 0 Å². The highest BCUT2D eigenvalue weighted by atomic mass is 16.5. The lowest BCUT2D eigenvalue weighted by molar-refractivity contribution is -0.141. The monoisotopic (exact) mass is 325 g/mol. The Hall–Kier alpha value is -2.44. The Balaban J connectivity index is 2.67. The zero-order chi connectivity index (χ0) is 17.4. The highest BCUT2D eigenvalue weighted by Gasteiger charge is 2.15. The molecule has 7 heteroatoms. The van der Waals surface area contributed by atoms with Gasteiger partial charge in [0.2, 0.25) is 11.7 Å². The van der Waals surface area contributed by atoms with Crippen molar-refractivity contribution in [1.82, 2.24) is 5.32 Å². The highest BCUT2D eigenvalue weighted by molar-refractivity contribution is 5.77. The smallest absolute Gasteiger partial charge is 0.308 e. The van der Waals surface area contributed by atoms with Crippen LogP contribution in [0.2, 0.25) is 0 Å². The second kappa shape index (κ2) is 8.87. The molecule has 1 atom stereocenters. The number of carboxylic acids is 1. The molecule has 1 aromatic rings. The number of nitrogens with one attached hydrogen (secondary N) is 1. The molecule has 0 radical (unpaired) electrons. The van der Waals surface area contributed by atoms with Gasteiger partial charge < -0.3 is 24.6 Å². The van der Waals surface area contributed by atoms with Gasteiger partial charge >= 0.3 is 5.97 Å². The van der Waals surface area contributed by atoms with Crippen molar-refractivity contribution in [3.8, 4) is 17.2 Å². The second-order valence-corrected chi connectivity index (χ2v) is 5.08. The molecule has 2 N–H and O–H groups in total. The molecule has 0 saturated heterocycles. The van der Waals surface area contributed by atoms with Crippen LogP contribution in [0.15, 0.2) is 12.1 Å². The van der Waals surface area contributed by atoms with Crippen LogP contribution in [0.3, 0.4) is 0 Å². The molecule has 0 heterocycles. The maximum atomic E-state index is 11.8. The van der Waals surface area contributed by atoms with Gasteiger partial charge in [-0.1, -0.05) is 6.92 Å². The lowest BCUT2D eigenvalue weighted by atomic mass is 10.1. The number of aliphatic carboxylic acids is 1. The molecule has 0 aliphatic rings. The summed E-state index contributed by atoms with van der Waals surface area (Å²) in [4.78, 5) is 22.5. The lowest BCUT2D eigenvalue weighted by Crippen LogP contribution is -2.31. The minimum atomic E-state index is -0.935.